The fraction of sp³-hybridized carbons (Fsp3) is 0.594. The van der Waals surface area contributed by atoms with Crippen LogP contribution in [-0.2, 0) is 27.1 Å². The molecule has 2 aliphatic heterocycles. The van der Waals surface area contributed by atoms with Gasteiger partial charge in [0.25, 0.3) is 0 Å². The minimum Gasteiger partial charge on any atom is -0.388 e. The Bertz CT molecular complexity index is 948. The summed E-state index contributed by atoms with van der Waals surface area (Å²) in [6.07, 6.45) is 5.49. The summed E-state index contributed by atoms with van der Waals surface area (Å²) in [6, 6.07) is 18.5. The van der Waals surface area contributed by atoms with Crippen LogP contribution in [-0.4, -0.2) is 67.5 Å². The lowest BCUT2D eigenvalue weighted by Crippen LogP contribution is -2.32. The van der Waals surface area contributed by atoms with Crippen LogP contribution in [0.1, 0.15) is 67.7 Å². The molecule has 5 nitrogen and oxygen atoms in total. The van der Waals surface area contributed by atoms with E-state index in [9.17, 15) is 14.3 Å². The monoisotopic (exact) mass is 525 g/mol. The summed E-state index contributed by atoms with van der Waals surface area (Å²) < 4.78 is 25.1. The van der Waals surface area contributed by atoms with Gasteiger partial charge in [-0.25, -0.2) is 4.39 Å². The maximum absolute atomic E-state index is 13.8. The van der Waals surface area contributed by atoms with Gasteiger partial charge in [-0.3, -0.25) is 9.69 Å². The zero-order valence-corrected chi connectivity index (χ0v) is 22.6. The standard InChI is InChI=1S/C32H44FNO4/c33-29-15-18-34(24-29)23-28(22-30(35)8-4-5-19-38-31-16-20-37-21-17-31)32(36)27-13-11-26(12-14-27)10-9-25-6-2-1-3-7-25/h1-3,6-7,11-14,28-29,31-32,36H,4-5,8-10,15-24H2/t28-,29-,32+/m1/s1. The van der Waals surface area contributed by atoms with E-state index in [1.54, 1.807) is 0 Å². The Morgan fingerprint density at radius 1 is 1.00 bits per heavy atom. The van der Waals surface area contributed by atoms with Gasteiger partial charge >= 0.3 is 0 Å². The van der Waals surface area contributed by atoms with Crippen molar-refractivity contribution in [3.8, 4) is 0 Å². The van der Waals surface area contributed by atoms with Crippen molar-refractivity contribution in [2.75, 3.05) is 39.5 Å². The summed E-state index contributed by atoms with van der Waals surface area (Å²) in [5, 5.41) is 11.3. The molecule has 2 aromatic rings. The second-order valence-corrected chi connectivity index (χ2v) is 11.0. The number of carbonyl (C=O) groups is 1. The number of nitrogens with zero attached hydrogens (tertiary/aromatic N) is 1. The Balaban J connectivity index is 1.27. The predicted molar refractivity (Wildman–Crippen MR) is 148 cm³/mol. The number of Topliss-reactive ketones (excluding diaryl/α,β-unsaturated/α-hetero) is 1. The largest absolute Gasteiger partial charge is 0.388 e. The van der Waals surface area contributed by atoms with Crippen LogP contribution >= 0.6 is 0 Å². The quantitative estimate of drug-likeness (QED) is 0.312. The van der Waals surface area contributed by atoms with Crippen molar-refractivity contribution in [1.29, 1.82) is 0 Å². The Hall–Kier alpha value is -2.12. The lowest BCUT2D eigenvalue weighted by Gasteiger charge is -2.27. The lowest BCUT2D eigenvalue weighted by atomic mass is 9.89. The highest BCUT2D eigenvalue weighted by Crippen LogP contribution is 2.29. The zero-order chi connectivity index (χ0) is 26.6. The van der Waals surface area contributed by atoms with E-state index < -0.39 is 12.3 Å². The zero-order valence-electron chi connectivity index (χ0n) is 22.6. The van der Waals surface area contributed by atoms with E-state index >= 15 is 0 Å². The molecule has 3 atom stereocenters. The minimum absolute atomic E-state index is 0.163. The number of rotatable bonds is 15. The summed E-state index contributed by atoms with van der Waals surface area (Å²) in [5.41, 5.74) is 3.36. The number of likely N-dealkylation sites (tertiary alicyclic amines) is 1. The fourth-order valence-electron chi connectivity index (χ4n) is 5.56. The maximum atomic E-state index is 13.8. The Labute approximate surface area is 227 Å². The first kappa shape index (κ1) is 28.9. The summed E-state index contributed by atoms with van der Waals surface area (Å²) in [6.45, 7) is 3.81. The van der Waals surface area contributed by atoms with E-state index in [0.717, 1.165) is 57.3 Å². The van der Waals surface area contributed by atoms with E-state index in [2.05, 4.69) is 41.3 Å². The first-order valence-corrected chi connectivity index (χ1v) is 14.4. The smallest absolute Gasteiger partial charge is 0.133 e. The second-order valence-electron chi connectivity index (χ2n) is 11.0. The number of halogens is 1. The molecule has 4 rings (SSSR count). The van der Waals surface area contributed by atoms with Crippen LogP contribution in [0.3, 0.4) is 0 Å². The maximum Gasteiger partial charge on any atom is 0.133 e. The first-order chi connectivity index (χ1) is 18.6. The van der Waals surface area contributed by atoms with Crippen molar-refractivity contribution in [1.82, 2.24) is 4.90 Å². The molecule has 6 heteroatoms. The summed E-state index contributed by atoms with van der Waals surface area (Å²) in [7, 11) is 0. The van der Waals surface area contributed by atoms with Gasteiger partial charge in [-0.15, -0.1) is 0 Å². The molecule has 0 unspecified atom stereocenters. The number of carbonyl (C=O) groups excluding carboxylic acids is 1. The van der Waals surface area contributed by atoms with Gasteiger partial charge < -0.3 is 14.6 Å². The van der Waals surface area contributed by atoms with Crippen LogP contribution in [0.4, 0.5) is 4.39 Å². The fourth-order valence-corrected chi connectivity index (χ4v) is 5.56. The molecule has 2 aliphatic rings. The van der Waals surface area contributed by atoms with E-state index in [-0.39, 0.29) is 17.8 Å². The summed E-state index contributed by atoms with van der Waals surface area (Å²) in [5.74, 6) is -0.0861. The number of aliphatic hydroxyl groups is 1. The van der Waals surface area contributed by atoms with Gasteiger partial charge in [0, 0.05) is 58.2 Å². The number of aliphatic hydroxyl groups excluding tert-OH is 1. The third-order valence-corrected chi connectivity index (χ3v) is 7.88. The molecule has 2 fully saturated rings. The number of aryl methyl sites for hydroxylation is 2. The SMILES string of the molecule is O=C(CCCCOC1CCOCC1)C[C@H](CN1CC[C@@H](F)C1)[C@@H](O)c1ccc(CCc2ccccc2)cc1. The highest BCUT2D eigenvalue weighted by atomic mass is 19.1. The first-order valence-electron chi connectivity index (χ1n) is 14.4. The van der Waals surface area contributed by atoms with E-state index in [1.165, 1.54) is 11.1 Å². The molecule has 0 aliphatic carbocycles. The third-order valence-electron chi connectivity index (χ3n) is 7.88. The van der Waals surface area contributed by atoms with Crippen molar-refractivity contribution >= 4 is 5.78 Å². The van der Waals surface area contributed by atoms with Crippen LogP contribution in [0, 0.1) is 5.92 Å². The van der Waals surface area contributed by atoms with Crippen molar-refractivity contribution in [3.05, 3.63) is 71.3 Å². The molecule has 0 spiro atoms. The van der Waals surface area contributed by atoms with Gasteiger partial charge in [0.15, 0.2) is 0 Å². The number of alkyl halides is 1. The van der Waals surface area contributed by atoms with Crippen LogP contribution in [0.2, 0.25) is 0 Å². The van der Waals surface area contributed by atoms with Crippen molar-refractivity contribution in [2.45, 2.75) is 76.2 Å². The molecule has 0 aromatic heterocycles. The van der Waals surface area contributed by atoms with Crippen molar-refractivity contribution < 1.29 is 23.8 Å². The van der Waals surface area contributed by atoms with E-state index in [0.29, 0.717) is 45.5 Å². The molecular weight excluding hydrogens is 481 g/mol. The number of hydrogen-bond acceptors (Lipinski definition) is 5. The molecule has 2 saturated heterocycles. The van der Waals surface area contributed by atoms with Gasteiger partial charge in [-0.1, -0.05) is 54.6 Å². The van der Waals surface area contributed by atoms with Crippen molar-refractivity contribution in [3.63, 3.8) is 0 Å². The molecule has 38 heavy (non-hydrogen) atoms. The normalized spacial score (nSPS) is 20.4. The second kappa shape index (κ2) is 15.5. The van der Waals surface area contributed by atoms with Gasteiger partial charge in [0.2, 0.25) is 0 Å². The van der Waals surface area contributed by atoms with Gasteiger partial charge in [0.05, 0.1) is 12.2 Å². The lowest BCUT2D eigenvalue weighted by molar-refractivity contribution is -0.121. The molecule has 2 heterocycles. The minimum atomic E-state index is -0.817. The summed E-state index contributed by atoms with van der Waals surface area (Å²) >= 11 is 0. The number of hydrogen-bond donors (Lipinski definition) is 1. The Morgan fingerprint density at radius 2 is 1.71 bits per heavy atom. The topological polar surface area (TPSA) is 59.0 Å². The molecule has 2 aromatic carbocycles. The average Bonchev–Trinajstić information content (AvgIpc) is 3.36. The Kier molecular flexibility index (Phi) is 11.8. The highest BCUT2D eigenvalue weighted by Gasteiger charge is 2.29. The van der Waals surface area contributed by atoms with Gasteiger partial charge in [-0.05, 0) is 61.6 Å². The molecule has 0 amide bonds. The van der Waals surface area contributed by atoms with Crippen LogP contribution < -0.4 is 0 Å². The van der Waals surface area contributed by atoms with E-state index in [1.807, 2.05) is 18.2 Å². The molecule has 1 N–H and O–H groups in total. The molecule has 208 valence electrons. The van der Waals surface area contributed by atoms with Gasteiger partial charge in [-0.2, -0.15) is 0 Å². The van der Waals surface area contributed by atoms with Crippen LogP contribution in [0.15, 0.2) is 54.6 Å². The molecule has 0 radical (unpaired) electrons. The Morgan fingerprint density at radius 3 is 2.39 bits per heavy atom. The predicted octanol–water partition coefficient (Wildman–Crippen LogP) is 5.49. The van der Waals surface area contributed by atoms with Crippen molar-refractivity contribution in [2.24, 2.45) is 5.92 Å². The number of unbranched alkanes of at least 4 members (excludes halogenated alkanes) is 1. The molecular formula is C32H44FNO4. The van der Waals surface area contributed by atoms with Crippen LogP contribution in [0.25, 0.3) is 0 Å². The highest BCUT2D eigenvalue weighted by molar-refractivity contribution is 5.78. The molecule has 0 bridgehead atoms. The number of benzene rings is 2. The number of ether oxygens (including phenoxy) is 2. The summed E-state index contributed by atoms with van der Waals surface area (Å²) in [4.78, 5) is 15.0. The molecule has 0 saturated carbocycles. The van der Waals surface area contributed by atoms with Crippen LogP contribution in [0.5, 0.6) is 0 Å². The van der Waals surface area contributed by atoms with Gasteiger partial charge in [0.1, 0.15) is 12.0 Å². The third kappa shape index (κ3) is 9.57. The number of ketones is 1. The van der Waals surface area contributed by atoms with E-state index in [4.69, 9.17) is 9.47 Å². The average molecular weight is 526 g/mol.